The Morgan fingerprint density at radius 2 is 1.83 bits per heavy atom. The second-order valence-electron chi connectivity index (χ2n) is 5.61. The lowest BCUT2D eigenvalue weighted by atomic mass is 10.1. The first kappa shape index (κ1) is 15.4. The molecule has 1 amide bonds. The van der Waals surface area contributed by atoms with Crippen LogP contribution in [0.3, 0.4) is 0 Å². The van der Waals surface area contributed by atoms with Gasteiger partial charge in [0, 0.05) is 19.6 Å². The third kappa shape index (κ3) is 4.03. The summed E-state index contributed by atoms with van der Waals surface area (Å²) in [5.41, 5.74) is 1.43. The zero-order valence-electron chi connectivity index (χ0n) is 12.8. The number of benzene rings is 1. The minimum absolute atomic E-state index is 0.0483. The van der Waals surface area contributed by atoms with E-state index in [-0.39, 0.29) is 11.7 Å². The predicted octanol–water partition coefficient (Wildman–Crippen LogP) is 2.51. The summed E-state index contributed by atoms with van der Waals surface area (Å²) in [6.07, 6.45) is 2.88. The maximum atomic E-state index is 12.8. The van der Waals surface area contributed by atoms with Crippen molar-refractivity contribution < 1.29 is 9.18 Å². The van der Waals surface area contributed by atoms with E-state index >= 15 is 0 Å². The summed E-state index contributed by atoms with van der Waals surface area (Å²) in [7, 11) is 0. The van der Waals surface area contributed by atoms with Gasteiger partial charge >= 0.3 is 0 Å². The van der Waals surface area contributed by atoms with Crippen molar-refractivity contribution in [3.63, 3.8) is 0 Å². The number of carbonyl (C=O) groups excluding carboxylic acids is 1. The molecule has 0 saturated carbocycles. The zero-order chi connectivity index (χ0) is 16.1. The van der Waals surface area contributed by atoms with Gasteiger partial charge in [-0.3, -0.25) is 4.79 Å². The monoisotopic (exact) mass is 314 g/mol. The second-order valence-corrected chi connectivity index (χ2v) is 5.61. The molecule has 23 heavy (non-hydrogen) atoms. The first-order valence-corrected chi connectivity index (χ1v) is 7.84. The number of aromatic nitrogens is 2. The lowest BCUT2D eigenvalue weighted by molar-refractivity contribution is 0.0786. The Bertz CT molecular complexity index is 651. The Kier molecular flexibility index (Phi) is 4.80. The molecule has 2 heterocycles. The number of hydrogen-bond donors (Lipinski definition) is 1. The Labute approximate surface area is 134 Å². The van der Waals surface area contributed by atoms with Gasteiger partial charge in [0.2, 0.25) is 0 Å². The summed E-state index contributed by atoms with van der Waals surface area (Å²) in [6.45, 7) is 2.27. The number of nitrogens with one attached hydrogen (secondary N) is 1. The van der Waals surface area contributed by atoms with Crippen molar-refractivity contribution in [2.45, 2.75) is 19.3 Å². The molecule has 0 atom stereocenters. The highest BCUT2D eigenvalue weighted by atomic mass is 19.1. The van der Waals surface area contributed by atoms with E-state index in [4.69, 9.17) is 0 Å². The molecule has 3 rings (SSSR count). The van der Waals surface area contributed by atoms with Crippen molar-refractivity contribution in [1.29, 1.82) is 0 Å². The molecule has 1 aromatic heterocycles. The topological polar surface area (TPSA) is 58.1 Å². The average Bonchev–Trinajstić information content (AvgIpc) is 3.11. The van der Waals surface area contributed by atoms with Gasteiger partial charge in [-0.1, -0.05) is 12.1 Å². The Hall–Kier alpha value is -2.50. The number of halogens is 1. The molecule has 1 N–H and O–H groups in total. The van der Waals surface area contributed by atoms with E-state index in [1.165, 1.54) is 12.1 Å². The van der Waals surface area contributed by atoms with Gasteiger partial charge < -0.3 is 10.2 Å². The number of hydrogen-bond acceptors (Lipinski definition) is 4. The van der Waals surface area contributed by atoms with Crippen LogP contribution < -0.4 is 5.32 Å². The van der Waals surface area contributed by atoms with Crippen molar-refractivity contribution in [3.8, 4) is 0 Å². The summed E-state index contributed by atoms with van der Waals surface area (Å²) in [5, 5.41) is 11.2. The van der Waals surface area contributed by atoms with Crippen LogP contribution in [0.15, 0.2) is 36.4 Å². The molecule has 0 bridgehead atoms. The van der Waals surface area contributed by atoms with Gasteiger partial charge in [0.15, 0.2) is 5.69 Å². The molecule has 0 unspecified atom stereocenters. The number of amides is 1. The van der Waals surface area contributed by atoms with Crippen LogP contribution in [-0.2, 0) is 6.42 Å². The highest BCUT2D eigenvalue weighted by Gasteiger charge is 2.20. The highest BCUT2D eigenvalue weighted by Crippen LogP contribution is 2.12. The van der Waals surface area contributed by atoms with Gasteiger partial charge in [0.1, 0.15) is 11.6 Å². The SMILES string of the molecule is O=C(c1ccc(NCCc2ccc(F)cc2)nn1)N1CCCC1. The quantitative estimate of drug-likeness (QED) is 0.921. The molecule has 1 aliphatic heterocycles. The maximum Gasteiger partial charge on any atom is 0.274 e. The van der Waals surface area contributed by atoms with Crippen LogP contribution >= 0.6 is 0 Å². The summed E-state index contributed by atoms with van der Waals surface area (Å²) in [4.78, 5) is 14.0. The highest BCUT2D eigenvalue weighted by molar-refractivity contribution is 5.92. The minimum atomic E-state index is -0.231. The van der Waals surface area contributed by atoms with Crippen LogP contribution in [0, 0.1) is 5.82 Å². The summed E-state index contributed by atoms with van der Waals surface area (Å²) >= 11 is 0. The van der Waals surface area contributed by atoms with Crippen LogP contribution in [0.5, 0.6) is 0 Å². The molecular weight excluding hydrogens is 295 g/mol. The van der Waals surface area contributed by atoms with Crippen LogP contribution in [0.25, 0.3) is 0 Å². The Morgan fingerprint density at radius 1 is 1.09 bits per heavy atom. The summed E-state index contributed by atoms with van der Waals surface area (Å²) in [6, 6.07) is 9.90. The molecule has 1 fully saturated rings. The standard InChI is InChI=1S/C17H19FN4O/c18-14-5-3-13(4-6-14)9-10-19-16-8-7-15(20-21-16)17(23)22-11-1-2-12-22/h3-8H,1-2,9-12H2,(H,19,21). The molecule has 0 aliphatic carbocycles. The summed E-state index contributed by atoms with van der Waals surface area (Å²) in [5.74, 6) is 0.351. The number of likely N-dealkylation sites (tertiary alicyclic amines) is 1. The third-order valence-electron chi connectivity index (χ3n) is 3.91. The largest absolute Gasteiger partial charge is 0.368 e. The maximum absolute atomic E-state index is 12.8. The van der Waals surface area contributed by atoms with Crippen LogP contribution in [-0.4, -0.2) is 40.6 Å². The van der Waals surface area contributed by atoms with Gasteiger partial charge in [0.05, 0.1) is 0 Å². The fraction of sp³-hybridized carbons (Fsp3) is 0.353. The first-order valence-electron chi connectivity index (χ1n) is 7.84. The van der Waals surface area contributed by atoms with Gasteiger partial charge in [-0.25, -0.2) is 4.39 Å². The molecule has 2 aromatic rings. The number of carbonyl (C=O) groups is 1. The Balaban J connectivity index is 1.51. The fourth-order valence-electron chi connectivity index (χ4n) is 2.61. The van der Waals surface area contributed by atoms with E-state index in [1.807, 2.05) is 4.90 Å². The number of anilines is 1. The van der Waals surface area contributed by atoms with Crippen molar-refractivity contribution in [2.75, 3.05) is 25.0 Å². The van der Waals surface area contributed by atoms with E-state index in [1.54, 1.807) is 24.3 Å². The van der Waals surface area contributed by atoms with Gasteiger partial charge in [-0.2, -0.15) is 0 Å². The average molecular weight is 314 g/mol. The molecule has 1 aliphatic rings. The van der Waals surface area contributed by atoms with Gasteiger partial charge in [-0.15, -0.1) is 10.2 Å². The fourth-order valence-corrected chi connectivity index (χ4v) is 2.61. The van der Waals surface area contributed by atoms with E-state index in [0.717, 1.165) is 37.9 Å². The number of nitrogens with zero attached hydrogens (tertiary/aromatic N) is 3. The first-order chi connectivity index (χ1) is 11.2. The van der Waals surface area contributed by atoms with Crippen molar-refractivity contribution in [1.82, 2.24) is 15.1 Å². The Morgan fingerprint density at radius 3 is 2.48 bits per heavy atom. The van der Waals surface area contributed by atoms with E-state index in [9.17, 15) is 9.18 Å². The minimum Gasteiger partial charge on any atom is -0.368 e. The van der Waals surface area contributed by atoms with Gasteiger partial charge in [0.25, 0.3) is 5.91 Å². The zero-order valence-corrected chi connectivity index (χ0v) is 12.8. The smallest absolute Gasteiger partial charge is 0.274 e. The lowest BCUT2D eigenvalue weighted by Crippen LogP contribution is -2.28. The molecule has 1 saturated heterocycles. The van der Waals surface area contributed by atoms with Crippen LogP contribution in [0.4, 0.5) is 10.2 Å². The summed E-state index contributed by atoms with van der Waals surface area (Å²) < 4.78 is 12.8. The lowest BCUT2D eigenvalue weighted by Gasteiger charge is -2.14. The van der Waals surface area contributed by atoms with Crippen molar-refractivity contribution in [3.05, 3.63) is 53.5 Å². The van der Waals surface area contributed by atoms with E-state index in [2.05, 4.69) is 15.5 Å². The molecule has 1 aromatic carbocycles. The molecule has 6 heteroatoms. The van der Waals surface area contributed by atoms with Crippen molar-refractivity contribution in [2.24, 2.45) is 0 Å². The van der Waals surface area contributed by atoms with E-state index in [0.29, 0.717) is 18.1 Å². The van der Waals surface area contributed by atoms with Crippen LogP contribution in [0.2, 0.25) is 0 Å². The molecular formula is C17H19FN4O. The molecule has 120 valence electrons. The van der Waals surface area contributed by atoms with Crippen LogP contribution in [0.1, 0.15) is 28.9 Å². The predicted molar refractivity (Wildman–Crippen MR) is 85.8 cm³/mol. The van der Waals surface area contributed by atoms with Gasteiger partial charge in [-0.05, 0) is 49.1 Å². The molecule has 0 spiro atoms. The molecule has 0 radical (unpaired) electrons. The second kappa shape index (κ2) is 7.17. The third-order valence-corrected chi connectivity index (χ3v) is 3.91. The van der Waals surface area contributed by atoms with E-state index < -0.39 is 0 Å². The number of rotatable bonds is 5. The normalized spacial score (nSPS) is 14.0. The molecule has 5 nitrogen and oxygen atoms in total. The van der Waals surface area contributed by atoms with Crippen molar-refractivity contribution >= 4 is 11.7 Å².